The van der Waals surface area contributed by atoms with Gasteiger partial charge >= 0.3 is 0 Å². The molecule has 0 aromatic carbocycles. The second kappa shape index (κ2) is 5.55. The van der Waals surface area contributed by atoms with Gasteiger partial charge in [-0.2, -0.15) is 5.10 Å². The van der Waals surface area contributed by atoms with Crippen LogP contribution in [0.25, 0.3) is 11.0 Å². The Morgan fingerprint density at radius 3 is 2.91 bits per heavy atom. The van der Waals surface area contributed by atoms with Crippen LogP contribution in [-0.2, 0) is 13.6 Å². The van der Waals surface area contributed by atoms with Crippen molar-refractivity contribution in [2.45, 2.75) is 20.4 Å². The number of pyridine rings is 2. The van der Waals surface area contributed by atoms with E-state index in [-0.39, 0.29) is 5.91 Å². The summed E-state index contributed by atoms with van der Waals surface area (Å²) in [6.07, 6.45) is 3.45. The van der Waals surface area contributed by atoms with Gasteiger partial charge in [-0.15, -0.1) is 0 Å². The normalized spacial score (nSPS) is 10.9. The highest BCUT2D eigenvalue weighted by atomic mass is 16.1. The van der Waals surface area contributed by atoms with Gasteiger partial charge in [0.25, 0.3) is 5.91 Å². The minimum absolute atomic E-state index is 0.129. The van der Waals surface area contributed by atoms with E-state index >= 15 is 0 Å². The van der Waals surface area contributed by atoms with E-state index in [1.807, 2.05) is 33.0 Å². The SMILES string of the molecule is Cc1cc(C(=O)NCc2cccnc2)c2c(C)nn(C)c2n1. The second-order valence-electron chi connectivity index (χ2n) is 5.26. The van der Waals surface area contributed by atoms with E-state index < -0.39 is 0 Å². The van der Waals surface area contributed by atoms with Crippen molar-refractivity contribution in [1.82, 2.24) is 25.1 Å². The van der Waals surface area contributed by atoms with Gasteiger partial charge in [0.2, 0.25) is 0 Å². The molecule has 1 amide bonds. The summed E-state index contributed by atoms with van der Waals surface area (Å²) in [6, 6.07) is 5.58. The largest absolute Gasteiger partial charge is 0.348 e. The summed E-state index contributed by atoms with van der Waals surface area (Å²) in [5, 5.41) is 8.09. The lowest BCUT2D eigenvalue weighted by Gasteiger charge is -2.07. The topological polar surface area (TPSA) is 72.7 Å². The third-order valence-electron chi connectivity index (χ3n) is 3.52. The first-order chi connectivity index (χ1) is 10.6. The Labute approximate surface area is 128 Å². The average Bonchev–Trinajstić information content (AvgIpc) is 2.79. The molecule has 0 fully saturated rings. The average molecular weight is 295 g/mol. The van der Waals surface area contributed by atoms with Crippen LogP contribution >= 0.6 is 0 Å². The first-order valence-electron chi connectivity index (χ1n) is 7.04. The van der Waals surface area contributed by atoms with Gasteiger partial charge in [-0.05, 0) is 31.5 Å². The van der Waals surface area contributed by atoms with Crippen LogP contribution in [0.1, 0.15) is 27.3 Å². The summed E-state index contributed by atoms with van der Waals surface area (Å²) in [5.41, 5.74) is 3.89. The van der Waals surface area contributed by atoms with E-state index in [1.165, 1.54) is 0 Å². The van der Waals surface area contributed by atoms with Crippen molar-refractivity contribution in [2.24, 2.45) is 7.05 Å². The van der Waals surface area contributed by atoms with E-state index in [9.17, 15) is 4.79 Å². The summed E-state index contributed by atoms with van der Waals surface area (Å²) < 4.78 is 1.70. The second-order valence-corrected chi connectivity index (χ2v) is 5.26. The number of carbonyl (C=O) groups is 1. The van der Waals surface area contributed by atoms with E-state index in [0.717, 1.165) is 28.0 Å². The molecule has 3 rings (SSSR count). The highest BCUT2D eigenvalue weighted by Gasteiger charge is 2.17. The summed E-state index contributed by atoms with van der Waals surface area (Å²) in [4.78, 5) is 21.1. The van der Waals surface area contributed by atoms with Crippen molar-refractivity contribution < 1.29 is 4.79 Å². The predicted octanol–water partition coefficient (Wildman–Crippen LogP) is 1.91. The minimum Gasteiger partial charge on any atom is -0.348 e. The number of nitrogens with zero attached hydrogens (tertiary/aromatic N) is 4. The Hall–Kier alpha value is -2.76. The summed E-state index contributed by atoms with van der Waals surface area (Å²) >= 11 is 0. The van der Waals surface area contributed by atoms with Crippen LogP contribution in [-0.4, -0.2) is 25.7 Å². The molecule has 0 saturated heterocycles. The molecule has 0 unspecified atom stereocenters. The fourth-order valence-electron chi connectivity index (χ4n) is 2.53. The number of carbonyl (C=O) groups excluding carboxylic acids is 1. The molecule has 3 heterocycles. The zero-order valence-electron chi connectivity index (χ0n) is 12.8. The summed E-state index contributed by atoms with van der Waals surface area (Å²) in [7, 11) is 1.83. The van der Waals surface area contributed by atoms with Crippen LogP contribution in [0.3, 0.4) is 0 Å². The van der Waals surface area contributed by atoms with Crippen LogP contribution < -0.4 is 5.32 Å². The van der Waals surface area contributed by atoms with E-state index in [4.69, 9.17) is 0 Å². The van der Waals surface area contributed by atoms with E-state index in [1.54, 1.807) is 23.1 Å². The van der Waals surface area contributed by atoms with Gasteiger partial charge in [0, 0.05) is 31.7 Å². The van der Waals surface area contributed by atoms with Crippen molar-refractivity contribution in [3.63, 3.8) is 0 Å². The number of fused-ring (bicyclic) bond motifs is 1. The number of nitrogens with one attached hydrogen (secondary N) is 1. The number of amides is 1. The van der Waals surface area contributed by atoms with Crippen molar-refractivity contribution in [1.29, 1.82) is 0 Å². The third-order valence-corrected chi connectivity index (χ3v) is 3.52. The number of hydrogen-bond acceptors (Lipinski definition) is 4. The zero-order chi connectivity index (χ0) is 15.7. The van der Waals surface area contributed by atoms with Crippen molar-refractivity contribution in [3.8, 4) is 0 Å². The molecule has 0 spiro atoms. The monoisotopic (exact) mass is 295 g/mol. The number of hydrogen-bond donors (Lipinski definition) is 1. The minimum atomic E-state index is -0.129. The molecule has 3 aromatic rings. The van der Waals surface area contributed by atoms with Gasteiger partial charge in [0.15, 0.2) is 5.65 Å². The lowest BCUT2D eigenvalue weighted by atomic mass is 10.1. The van der Waals surface area contributed by atoms with E-state index in [2.05, 4.69) is 20.4 Å². The van der Waals surface area contributed by atoms with Crippen LogP contribution in [0.15, 0.2) is 30.6 Å². The molecule has 112 valence electrons. The lowest BCUT2D eigenvalue weighted by molar-refractivity contribution is 0.0952. The molecule has 6 nitrogen and oxygen atoms in total. The molecule has 0 aliphatic carbocycles. The Morgan fingerprint density at radius 1 is 1.36 bits per heavy atom. The molecular formula is C16H17N5O. The molecule has 6 heteroatoms. The molecule has 1 N–H and O–H groups in total. The first kappa shape index (κ1) is 14.2. The molecule has 3 aromatic heterocycles. The first-order valence-corrected chi connectivity index (χ1v) is 7.04. The Morgan fingerprint density at radius 2 is 2.18 bits per heavy atom. The Bertz CT molecular complexity index is 839. The molecule has 0 aliphatic rings. The van der Waals surface area contributed by atoms with Crippen molar-refractivity contribution in [3.05, 3.63) is 53.1 Å². The van der Waals surface area contributed by atoms with E-state index in [0.29, 0.717) is 12.1 Å². The van der Waals surface area contributed by atoms with Gasteiger partial charge in [0.1, 0.15) is 0 Å². The zero-order valence-corrected chi connectivity index (χ0v) is 12.8. The maximum Gasteiger partial charge on any atom is 0.252 e. The van der Waals surface area contributed by atoms with Gasteiger partial charge in [0.05, 0.1) is 16.6 Å². The molecule has 0 aliphatic heterocycles. The molecule has 0 bridgehead atoms. The standard InChI is InChI=1S/C16H17N5O/c1-10-7-13(14-11(2)20-21(3)15(14)19-10)16(22)18-9-12-5-4-6-17-8-12/h4-8H,9H2,1-3H3,(H,18,22). The highest BCUT2D eigenvalue weighted by Crippen LogP contribution is 2.21. The fraction of sp³-hybridized carbons (Fsp3) is 0.250. The van der Waals surface area contributed by atoms with Crippen molar-refractivity contribution >= 4 is 16.9 Å². The maximum absolute atomic E-state index is 12.5. The Balaban J connectivity index is 1.94. The van der Waals surface area contributed by atoms with Crippen LogP contribution in [0.2, 0.25) is 0 Å². The van der Waals surface area contributed by atoms with Crippen molar-refractivity contribution in [2.75, 3.05) is 0 Å². The molecule has 22 heavy (non-hydrogen) atoms. The highest BCUT2D eigenvalue weighted by molar-refractivity contribution is 6.06. The molecule has 0 saturated carbocycles. The summed E-state index contributed by atoms with van der Waals surface area (Å²) in [6.45, 7) is 4.20. The smallest absolute Gasteiger partial charge is 0.252 e. The maximum atomic E-state index is 12.5. The summed E-state index contributed by atoms with van der Waals surface area (Å²) in [5.74, 6) is -0.129. The van der Waals surface area contributed by atoms with Gasteiger partial charge in [-0.25, -0.2) is 4.98 Å². The molecule has 0 atom stereocenters. The quantitative estimate of drug-likeness (QED) is 0.801. The van der Waals surface area contributed by atoms with Gasteiger partial charge in [-0.1, -0.05) is 6.07 Å². The number of aryl methyl sites for hydroxylation is 3. The van der Waals surface area contributed by atoms with Crippen LogP contribution in [0, 0.1) is 13.8 Å². The lowest BCUT2D eigenvalue weighted by Crippen LogP contribution is -2.23. The Kier molecular flexibility index (Phi) is 3.58. The van der Waals surface area contributed by atoms with Crippen LogP contribution in [0.4, 0.5) is 0 Å². The predicted molar refractivity (Wildman–Crippen MR) is 83.4 cm³/mol. The number of rotatable bonds is 3. The number of aromatic nitrogens is 4. The third kappa shape index (κ3) is 2.55. The van der Waals surface area contributed by atoms with Gasteiger partial charge < -0.3 is 5.32 Å². The molecule has 0 radical (unpaired) electrons. The van der Waals surface area contributed by atoms with Crippen LogP contribution in [0.5, 0.6) is 0 Å². The van der Waals surface area contributed by atoms with Gasteiger partial charge in [-0.3, -0.25) is 14.5 Å². The molecular weight excluding hydrogens is 278 g/mol. The fourth-order valence-corrected chi connectivity index (χ4v) is 2.53.